The van der Waals surface area contributed by atoms with Gasteiger partial charge in [-0.2, -0.15) is 0 Å². The lowest BCUT2D eigenvalue weighted by Crippen LogP contribution is -2.36. The molecule has 1 aliphatic heterocycles. The van der Waals surface area contributed by atoms with Crippen LogP contribution in [0.2, 0.25) is 0 Å². The molecule has 0 bridgehead atoms. The van der Waals surface area contributed by atoms with Gasteiger partial charge in [0.05, 0.1) is 0 Å². The second-order valence-corrected chi connectivity index (χ2v) is 5.00. The molecule has 3 N–H and O–H groups in total. The van der Waals surface area contributed by atoms with Crippen LogP contribution in [-0.2, 0) is 4.79 Å². The number of aryl methyl sites for hydroxylation is 1. The van der Waals surface area contributed by atoms with E-state index in [1.807, 2.05) is 26.0 Å². The fourth-order valence-corrected chi connectivity index (χ4v) is 2.28. The maximum atomic E-state index is 11.1. The molecule has 1 aliphatic rings. The number of phenolic OH excluding ortho intramolecular Hbond substituents is 1. The third-order valence-electron chi connectivity index (χ3n) is 3.40. The van der Waals surface area contributed by atoms with E-state index in [0.717, 1.165) is 24.1 Å². The Hall–Kier alpha value is -1.55. The van der Waals surface area contributed by atoms with Gasteiger partial charge in [-0.15, -0.1) is 0 Å². The van der Waals surface area contributed by atoms with Gasteiger partial charge in [-0.1, -0.05) is 17.7 Å². The summed E-state index contributed by atoms with van der Waals surface area (Å²) < 4.78 is 0. The van der Waals surface area contributed by atoms with Crippen LogP contribution in [0.15, 0.2) is 18.2 Å². The summed E-state index contributed by atoms with van der Waals surface area (Å²) in [6.45, 7) is 4.76. The van der Waals surface area contributed by atoms with Crippen molar-refractivity contribution in [1.82, 2.24) is 10.6 Å². The predicted octanol–water partition coefficient (Wildman–Crippen LogP) is 1.63. The van der Waals surface area contributed by atoms with E-state index in [0.29, 0.717) is 12.2 Å². The van der Waals surface area contributed by atoms with E-state index in [4.69, 9.17) is 0 Å². The second kappa shape index (κ2) is 5.40. The maximum Gasteiger partial charge on any atom is 0.220 e. The largest absolute Gasteiger partial charge is 0.508 e. The van der Waals surface area contributed by atoms with E-state index < -0.39 is 0 Å². The summed E-state index contributed by atoms with van der Waals surface area (Å²) in [5.41, 5.74) is 2.03. The molecule has 0 aliphatic carbocycles. The molecule has 4 nitrogen and oxygen atoms in total. The zero-order valence-electron chi connectivity index (χ0n) is 10.9. The van der Waals surface area contributed by atoms with Gasteiger partial charge in [0, 0.05) is 30.6 Å². The second-order valence-electron chi connectivity index (χ2n) is 5.00. The number of carbonyl (C=O) groups is 1. The highest BCUT2D eigenvalue weighted by molar-refractivity contribution is 5.78. The highest BCUT2D eigenvalue weighted by atomic mass is 16.3. The Kier molecular flexibility index (Phi) is 3.87. The molecule has 4 heteroatoms. The van der Waals surface area contributed by atoms with Crippen molar-refractivity contribution in [1.29, 1.82) is 0 Å². The minimum absolute atomic E-state index is 0.0717. The third kappa shape index (κ3) is 3.01. The summed E-state index contributed by atoms with van der Waals surface area (Å²) in [6, 6.07) is 5.89. The Balaban J connectivity index is 1.93. The molecule has 1 fully saturated rings. The van der Waals surface area contributed by atoms with Gasteiger partial charge in [0.1, 0.15) is 5.75 Å². The fourth-order valence-electron chi connectivity index (χ4n) is 2.28. The lowest BCUT2D eigenvalue weighted by atomic mass is 10.0. The fraction of sp³-hybridized carbons (Fsp3) is 0.500. The van der Waals surface area contributed by atoms with Gasteiger partial charge in [0.15, 0.2) is 0 Å². The molecular weight excluding hydrogens is 228 g/mol. The monoisotopic (exact) mass is 248 g/mol. The predicted molar refractivity (Wildman–Crippen MR) is 70.4 cm³/mol. The zero-order valence-corrected chi connectivity index (χ0v) is 10.9. The first-order valence-electron chi connectivity index (χ1n) is 6.38. The summed E-state index contributed by atoms with van der Waals surface area (Å²) in [4.78, 5) is 11.1. The Labute approximate surface area is 107 Å². The zero-order chi connectivity index (χ0) is 13.1. The van der Waals surface area contributed by atoms with Crippen LogP contribution in [0.4, 0.5) is 0 Å². The number of amides is 1. The van der Waals surface area contributed by atoms with Crippen molar-refractivity contribution in [2.24, 2.45) is 0 Å². The number of benzene rings is 1. The maximum absolute atomic E-state index is 11.1. The van der Waals surface area contributed by atoms with Crippen LogP contribution in [0.1, 0.15) is 36.9 Å². The number of carbonyl (C=O) groups excluding carboxylic acids is 1. The van der Waals surface area contributed by atoms with E-state index in [9.17, 15) is 9.90 Å². The minimum Gasteiger partial charge on any atom is -0.508 e. The van der Waals surface area contributed by atoms with Crippen molar-refractivity contribution >= 4 is 5.91 Å². The molecule has 1 amide bonds. The first-order chi connectivity index (χ1) is 8.56. The molecule has 1 aromatic rings. The smallest absolute Gasteiger partial charge is 0.220 e. The molecular formula is C14H20N2O2. The SMILES string of the molecule is Cc1ccc(O)c(C(C)NCC2CCC(=O)N2)c1. The Morgan fingerprint density at radius 2 is 2.33 bits per heavy atom. The Morgan fingerprint density at radius 3 is 3.00 bits per heavy atom. The summed E-state index contributed by atoms with van der Waals surface area (Å²) in [5.74, 6) is 0.448. The molecule has 0 spiro atoms. The van der Waals surface area contributed by atoms with Crippen molar-refractivity contribution in [3.63, 3.8) is 0 Å². The van der Waals surface area contributed by atoms with Gasteiger partial charge < -0.3 is 15.7 Å². The standard InChI is InChI=1S/C14H20N2O2/c1-9-3-5-13(17)12(7-9)10(2)15-8-11-4-6-14(18)16-11/h3,5,7,10-11,15,17H,4,6,8H2,1-2H3,(H,16,18). The van der Waals surface area contributed by atoms with Crippen LogP contribution >= 0.6 is 0 Å². The van der Waals surface area contributed by atoms with Gasteiger partial charge in [0.2, 0.25) is 5.91 Å². The van der Waals surface area contributed by atoms with Crippen LogP contribution in [0, 0.1) is 6.92 Å². The van der Waals surface area contributed by atoms with Crippen molar-refractivity contribution in [2.75, 3.05) is 6.54 Å². The molecule has 2 rings (SSSR count). The molecule has 98 valence electrons. The van der Waals surface area contributed by atoms with Crippen molar-refractivity contribution < 1.29 is 9.90 Å². The molecule has 1 heterocycles. The van der Waals surface area contributed by atoms with Crippen molar-refractivity contribution in [3.05, 3.63) is 29.3 Å². The molecule has 1 saturated heterocycles. The van der Waals surface area contributed by atoms with Crippen LogP contribution in [0.25, 0.3) is 0 Å². The minimum atomic E-state index is 0.0717. The van der Waals surface area contributed by atoms with Crippen LogP contribution in [0.5, 0.6) is 5.75 Å². The summed E-state index contributed by atoms with van der Waals surface area (Å²) >= 11 is 0. The molecule has 2 atom stereocenters. The van der Waals surface area contributed by atoms with Gasteiger partial charge in [-0.05, 0) is 26.3 Å². The number of phenols is 1. The molecule has 0 radical (unpaired) electrons. The van der Waals surface area contributed by atoms with Crippen LogP contribution < -0.4 is 10.6 Å². The molecule has 0 aromatic heterocycles. The van der Waals surface area contributed by atoms with Gasteiger partial charge in [-0.3, -0.25) is 4.79 Å². The first kappa shape index (κ1) is 12.9. The van der Waals surface area contributed by atoms with Gasteiger partial charge in [0.25, 0.3) is 0 Å². The average molecular weight is 248 g/mol. The van der Waals surface area contributed by atoms with Gasteiger partial charge >= 0.3 is 0 Å². The van der Waals surface area contributed by atoms with Crippen molar-refractivity contribution in [2.45, 2.75) is 38.8 Å². The summed E-state index contributed by atoms with van der Waals surface area (Å²) in [7, 11) is 0. The van der Waals surface area contributed by atoms with E-state index in [-0.39, 0.29) is 18.0 Å². The highest BCUT2D eigenvalue weighted by Crippen LogP contribution is 2.25. The summed E-state index contributed by atoms with van der Waals surface area (Å²) in [6.07, 6.45) is 1.51. The van der Waals surface area contributed by atoms with Crippen molar-refractivity contribution in [3.8, 4) is 5.75 Å². The Bertz CT molecular complexity index is 445. The number of nitrogens with one attached hydrogen (secondary N) is 2. The quantitative estimate of drug-likeness (QED) is 0.759. The number of rotatable bonds is 4. The van der Waals surface area contributed by atoms with E-state index in [1.54, 1.807) is 6.07 Å². The van der Waals surface area contributed by atoms with Crippen LogP contribution in [-0.4, -0.2) is 23.6 Å². The third-order valence-corrected chi connectivity index (χ3v) is 3.40. The average Bonchev–Trinajstić information content (AvgIpc) is 2.75. The van der Waals surface area contributed by atoms with E-state index in [2.05, 4.69) is 10.6 Å². The lowest BCUT2D eigenvalue weighted by molar-refractivity contribution is -0.119. The molecule has 0 saturated carbocycles. The van der Waals surface area contributed by atoms with E-state index in [1.165, 1.54) is 0 Å². The molecule has 2 unspecified atom stereocenters. The summed E-state index contributed by atoms with van der Waals surface area (Å²) in [5, 5.41) is 16.1. The first-order valence-corrected chi connectivity index (χ1v) is 6.38. The molecule has 1 aromatic carbocycles. The topological polar surface area (TPSA) is 61.4 Å². The van der Waals surface area contributed by atoms with Gasteiger partial charge in [-0.25, -0.2) is 0 Å². The Morgan fingerprint density at radius 1 is 1.56 bits per heavy atom. The molecule has 18 heavy (non-hydrogen) atoms. The lowest BCUT2D eigenvalue weighted by Gasteiger charge is -2.19. The number of hydrogen-bond acceptors (Lipinski definition) is 3. The number of hydrogen-bond donors (Lipinski definition) is 3. The van der Waals surface area contributed by atoms with Crippen LogP contribution in [0.3, 0.4) is 0 Å². The normalized spacial score (nSPS) is 20.8. The highest BCUT2D eigenvalue weighted by Gasteiger charge is 2.21. The van der Waals surface area contributed by atoms with E-state index >= 15 is 0 Å². The number of aromatic hydroxyl groups is 1.